The zero-order valence-electron chi connectivity index (χ0n) is 12.6. The van der Waals surface area contributed by atoms with E-state index in [1.807, 2.05) is 18.7 Å². The predicted molar refractivity (Wildman–Crippen MR) is 82.8 cm³/mol. The second-order valence-electron chi connectivity index (χ2n) is 5.77. The number of aliphatic carboxylic acids is 1. The maximum Gasteiger partial charge on any atom is 0.324 e. The van der Waals surface area contributed by atoms with Crippen molar-refractivity contribution >= 4 is 17.7 Å². The molecule has 1 rings (SSSR count). The van der Waals surface area contributed by atoms with Gasteiger partial charge in [0, 0.05) is 0 Å². The first-order valence-corrected chi connectivity index (χ1v) is 8.78. The van der Waals surface area contributed by atoms with Crippen LogP contribution in [0.1, 0.15) is 52.9 Å². The Kier molecular flexibility index (Phi) is 7.22. The van der Waals surface area contributed by atoms with Crippen molar-refractivity contribution in [3.63, 3.8) is 0 Å². The molecule has 0 aromatic carbocycles. The summed E-state index contributed by atoms with van der Waals surface area (Å²) in [4.78, 5) is 11.6. The van der Waals surface area contributed by atoms with Gasteiger partial charge in [0.2, 0.25) is 0 Å². The van der Waals surface area contributed by atoms with Gasteiger partial charge < -0.3 is 10.4 Å². The fraction of sp³-hybridized carbons (Fsp3) is 0.933. The molecule has 1 aliphatic rings. The van der Waals surface area contributed by atoms with Gasteiger partial charge in [-0.1, -0.05) is 33.6 Å². The highest BCUT2D eigenvalue weighted by molar-refractivity contribution is 7.99. The molecule has 0 aliphatic heterocycles. The monoisotopic (exact) mass is 287 g/mol. The number of thioether (sulfide) groups is 1. The van der Waals surface area contributed by atoms with Crippen LogP contribution in [0.3, 0.4) is 0 Å². The third-order valence-electron chi connectivity index (χ3n) is 4.40. The third-order valence-corrected chi connectivity index (χ3v) is 5.73. The first-order chi connectivity index (χ1) is 9.06. The minimum Gasteiger partial charge on any atom is -0.480 e. The summed E-state index contributed by atoms with van der Waals surface area (Å²) < 4.78 is 0. The molecule has 0 saturated heterocycles. The number of carboxylic acid groups (broad SMARTS) is 1. The Bertz CT molecular complexity index is 285. The van der Waals surface area contributed by atoms with Gasteiger partial charge in [-0.25, -0.2) is 0 Å². The lowest BCUT2D eigenvalue weighted by Gasteiger charge is -2.32. The summed E-state index contributed by atoms with van der Waals surface area (Å²) in [5.41, 5.74) is -0.647. The summed E-state index contributed by atoms with van der Waals surface area (Å²) in [6, 6.07) is 0. The van der Waals surface area contributed by atoms with Crippen molar-refractivity contribution in [2.75, 3.05) is 18.1 Å². The van der Waals surface area contributed by atoms with Gasteiger partial charge in [-0.2, -0.15) is 11.8 Å². The van der Waals surface area contributed by atoms with Gasteiger partial charge in [0.25, 0.3) is 0 Å². The van der Waals surface area contributed by atoms with E-state index in [1.54, 1.807) is 0 Å². The zero-order chi connectivity index (χ0) is 14.3. The number of likely N-dealkylation sites (N-methyl/N-ethyl adjacent to an activating group) is 1. The van der Waals surface area contributed by atoms with E-state index in [0.717, 1.165) is 43.9 Å². The van der Waals surface area contributed by atoms with Crippen LogP contribution in [0.15, 0.2) is 0 Å². The second kappa shape index (κ2) is 8.15. The van der Waals surface area contributed by atoms with Gasteiger partial charge in [0.05, 0.1) is 0 Å². The van der Waals surface area contributed by atoms with Crippen LogP contribution >= 0.6 is 11.8 Å². The Labute approximate surface area is 121 Å². The highest BCUT2D eigenvalue weighted by Gasteiger charge is 2.48. The molecule has 1 aliphatic carbocycles. The molecule has 0 bridgehead atoms. The fourth-order valence-electron chi connectivity index (χ4n) is 3.00. The number of carboxylic acids is 1. The van der Waals surface area contributed by atoms with E-state index in [2.05, 4.69) is 19.2 Å². The molecule has 0 heterocycles. The third kappa shape index (κ3) is 4.38. The fourth-order valence-corrected chi connectivity index (χ4v) is 4.26. The van der Waals surface area contributed by atoms with Crippen molar-refractivity contribution in [1.82, 2.24) is 5.32 Å². The van der Waals surface area contributed by atoms with Crippen molar-refractivity contribution in [2.45, 2.75) is 58.4 Å². The molecule has 3 unspecified atom stereocenters. The Balaban J connectivity index is 2.44. The van der Waals surface area contributed by atoms with Crippen LogP contribution in [-0.4, -0.2) is 34.7 Å². The van der Waals surface area contributed by atoms with Crippen molar-refractivity contribution < 1.29 is 9.90 Å². The molecule has 1 saturated carbocycles. The molecule has 1 fully saturated rings. The van der Waals surface area contributed by atoms with E-state index in [4.69, 9.17) is 0 Å². The lowest BCUT2D eigenvalue weighted by Crippen LogP contribution is -2.54. The summed E-state index contributed by atoms with van der Waals surface area (Å²) in [5, 5.41) is 12.8. The minimum atomic E-state index is -0.649. The SMILES string of the molecule is CCNC1(C(=O)O)CCCC1CCSCC(C)CC. The summed E-state index contributed by atoms with van der Waals surface area (Å²) >= 11 is 1.98. The number of hydrogen-bond donors (Lipinski definition) is 2. The first kappa shape index (κ1) is 16.8. The molecule has 3 atom stereocenters. The molecule has 2 N–H and O–H groups in total. The maximum absolute atomic E-state index is 11.6. The van der Waals surface area contributed by atoms with Crippen LogP contribution in [0.4, 0.5) is 0 Å². The van der Waals surface area contributed by atoms with E-state index in [1.165, 1.54) is 12.2 Å². The standard InChI is InChI=1S/C15H29NO2S/c1-4-12(3)11-19-10-8-13-7-6-9-15(13,14(17)18)16-5-2/h12-13,16H,4-11H2,1-3H3,(H,17,18). The lowest BCUT2D eigenvalue weighted by atomic mass is 9.85. The van der Waals surface area contributed by atoms with Gasteiger partial charge in [-0.3, -0.25) is 4.79 Å². The minimum absolute atomic E-state index is 0.300. The number of carbonyl (C=O) groups is 1. The van der Waals surface area contributed by atoms with Crippen molar-refractivity contribution in [3.8, 4) is 0 Å². The summed E-state index contributed by atoms with van der Waals surface area (Å²) in [6.45, 7) is 7.24. The normalized spacial score (nSPS) is 28.5. The van der Waals surface area contributed by atoms with Gasteiger partial charge in [-0.15, -0.1) is 0 Å². The maximum atomic E-state index is 11.6. The topological polar surface area (TPSA) is 49.3 Å². The predicted octanol–water partition coefficient (Wildman–Crippen LogP) is 3.39. The van der Waals surface area contributed by atoms with E-state index in [0.29, 0.717) is 5.92 Å². The highest BCUT2D eigenvalue weighted by Crippen LogP contribution is 2.39. The Morgan fingerprint density at radius 2 is 2.26 bits per heavy atom. The van der Waals surface area contributed by atoms with Crippen LogP contribution < -0.4 is 5.32 Å². The molecule has 0 amide bonds. The van der Waals surface area contributed by atoms with Gasteiger partial charge in [-0.05, 0) is 49.1 Å². The molecule has 0 aromatic rings. The Morgan fingerprint density at radius 3 is 2.84 bits per heavy atom. The van der Waals surface area contributed by atoms with Crippen LogP contribution in [0.25, 0.3) is 0 Å². The quantitative estimate of drug-likeness (QED) is 0.638. The van der Waals surface area contributed by atoms with Crippen LogP contribution in [0.5, 0.6) is 0 Å². The molecular weight excluding hydrogens is 258 g/mol. The molecule has 0 spiro atoms. The number of hydrogen-bond acceptors (Lipinski definition) is 3. The second-order valence-corrected chi connectivity index (χ2v) is 6.92. The molecule has 19 heavy (non-hydrogen) atoms. The highest BCUT2D eigenvalue weighted by atomic mass is 32.2. The molecule has 4 heteroatoms. The van der Waals surface area contributed by atoms with Gasteiger partial charge in [0.15, 0.2) is 0 Å². The van der Waals surface area contributed by atoms with E-state index in [9.17, 15) is 9.90 Å². The summed E-state index contributed by atoms with van der Waals surface area (Å²) in [6.07, 6.45) is 5.15. The van der Waals surface area contributed by atoms with Crippen molar-refractivity contribution in [1.29, 1.82) is 0 Å². The molecular formula is C15H29NO2S. The largest absolute Gasteiger partial charge is 0.480 e. The molecule has 3 nitrogen and oxygen atoms in total. The average Bonchev–Trinajstić information content (AvgIpc) is 2.79. The molecule has 112 valence electrons. The van der Waals surface area contributed by atoms with Gasteiger partial charge in [0.1, 0.15) is 5.54 Å². The van der Waals surface area contributed by atoms with E-state index >= 15 is 0 Å². The number of nitrogens with one attached hydrogen (secondary N) is 1. The average molecular weight is 287 g/mol. The van der Waals surface area contributed by atoms with Crippen molar-refractivity contribution in [2.24, 2.45) is 11.8 Å². The van der Waals surface area contributed by atoms with Crippen molar-refractivity contribution in [3.05, 3.63) is 0 Å². The first-order valence-electron chi connectivity index (χ1n) is 7.63. The summed E-state index contributed by atoms with van der Waals surface area (Å²) in [5.74, 6) is 2.71. The molecule has 0 radical (unpaired) electrons. The smallest absolute Gasteiger partial charge is 0.324 e. The summed E-state index contributed by atoms with van der Waals surface area (Å²) in [7, 11) is 0. The lowest BCUT2D eigenvalue weighted by molar-refractivity contribution is -0.146. The van der Waals surface area contributed by atoms with Crippen LogP contribution in [0, 0.1) is 11.8 Å². The Hall–Kier alpha value is -0.220. The van der Waals surface area contributed by atoms with Gasteiger partial charge >= 0.3 is 5.97 Å². The Morgan fingerprint density at radius 1 is 1.53 bits per heavy atom. The van der Waals surface area contributed by atoms with E-state index in [-0.39, 0.29) is 0 Å². The molecule has 0 aromatic heterocycles. The van der Waals surface area contributed by atoms with E-state index < -0.39 is 11.5 Å². The van der Waals surface area contributed by atoms with Crippen LogP contribution in [0.2, 0.25) is 0 Å². The van der Waals surface area contributed by atoms with Crippen LogP contribution in [-0.2, 0) is 4.79 Å². The zero-order valence-corrected chi connectivity index (χ0v) is 13.4. The number of rotatable bonds is 9.